The summed E-state index contributed by atoms with van der Waals surface area (Å²) in [6.07, 6.45) is 2.80. The molecule has 1 aliphatic carbocycles. The largest absolute Gasteiger partial charge is 0.467 e. The summed E-state index contributed by atoms with van der Waals surface area (Å²) in [6.45, 7) is 1.42. The van der Waals surface area contributed by atoms with Crippen molar-refractivity contribution in [1.82, 2.24) is 5.32 Å². The van der Waals surface area contributed by atoms with Crippen LogP contribution in [-0.2, 0) is 14.3 Å². The highest BCUT2D eigenvalue weighted by Gasteiger charge is 2.31. The lowest BCUT2D eigenvalue weighted by molar-refractivity contribution is -0.143. The van der Waals surface area contributed by atoms with Crippen LogP contribution in [0, 0.1) is 5.92 Å². The number of methoxy groups -OCH3 is 1. The monoisotopic (exact) mass is 304 g/mol. The van der Waals surface area contributed by atoms with Crippen LogP contribution >= 0.6 is 0 Å². The maximum absolute atomic E-state index is 12.2. The van der Waals surface area contributed by atoms with Crippen molar-refractivity contribution in [3.63, 3.8) is 0 Å². The van der Waals surface area contributed by atoms with E-state index in [1.54, 1.807) is 24.3 Å². The molecule has 1 aliphatic rings. The minimum Gasteiger partial charge on any atom is -0.467 e. The minimum absolute atomic E-state index is 0.174. The normalized spacial score (nSPS) is 14.8. The maximum atomic E-state index is 12.2. The lowest BCUT2D eigenvalue weighted by atomic mass is 10.1. The molecule has 0 heterocycles. The second-order valence-corrected chi connectivity index (χ2v) is 5.49. The zero-order valence-electron chi connectivity index (χ0n) is 12.7. The first-order valence-electron chi connectivity index (χ1n) is 7.26. The SMILES string of the molecule is COC(=O)[C@H](CC1CC1)NC(=O)c1ccc(NC(C)=O)cc1. The number of benzene rings is 1. The zero-order chi connectivity index (χ0) is 16.1. The van der Waals surface area contributed by atoms with Crippen molar-refractivity contribution in [3.8, 4) is 0 Å². The predicted molar refractivity (Wildman–Crippen MR) is 81.4 cm³/mol. The van der Waals surface area contributed by atoms with Crippen LogP contribution in [0.4, 0.5) is 5.69 Å². The Morgan fingerprint density at radius 3 is 2.36 bits per heavy atom. The second-order valence-electron chi connectivity index (χ2n) is 5.49. The number of hydrogen-bond acceptors (Lipinski definition) is 4. The number of ether oxygens (including phenoxy) is 1. The van der Waals surface area contributed by atoms with Crippen LogP contribution < -0.4 is 10.6 Å². The highest BCUT2D eigenvalue weighted by molar-refractivity contribution is 5.97. The fraction of sp³-hybridized carbons (Fsp3) is 0.438. The summed E-state index contributed by atoms with van der Waals surface area (Å²) in [5.41, 5.74) is 1.05. The van der Waals surface area contributed by atoms with Gasteiger partial charge in [0, 0.05) is 18.2 Å². The Balaban J connectivity index is 1.99. The molecule has 0 radical (unpaired) electrons. The third-order valence-corrected chi connectivity index (χ3v) is 3.52. The smallest absolute Gasteiger partial charge is 0.328 e. The van der Waals surface area contributed by atoms with Crippen molar-refractivity contribution in [1.29, 1.82) is 0 Å². The first-order chi connectivity index (χ1) is 10.5. The summed E-state index contributed by atoms with van der Waals surface area (Å²) in [4.78, 5) is 34.9. The molecule has 1 aromatic carbocycles. The van der Waals surface area contributed by atoms with E-state index in [0.717, 1.165) is 12.8 Å². The first-order valence-corrected chi connectivity index (χ1v) is 7.26. The molecule has 0 unspecified atom stereocenters. The summed E-state index contributed by atoms with van der Waals surface area (Å²) in [5, 5.41) is 5.34. The van der Waals surface area contributed by atoms with Gasteiger partial charge in [-0.25, -0.2) is 4.79 Å². The molecular formula is C16H20N2O4. The van der Waals surface area contributed by atoms with Gasteiger partial charge in [0.15, 0.2) is 0 Å². The molecule has 1 saturated carbocycles. The van der Waals surface area contributed by atoms with Gasteiger partial charge in [0.2, 0.25) is 5.91 Å². The molecule has 1 atom stereocenters. The van der Waals surface area contributed by atoms with Crippen LogP contribution in [0.3, 0.4) is 0 Å². The Morgan fingerprint density at radius 1 is 1.23 bits per heavy atom. The van der Waals surface area contributed by atoms with Gasteiger partial charge in [0.25, 0.3) is 5.91 Å². The molecule has 0 aromatic heterocycles. The number of carbonyl (C=O) groups is 3. The Bertz CT molecular complexity index is 564. The molecular weight excluding hydrogens is 284 g/mol. The predicted octanol–water partition coefficient (Wildman–Crippen LogP) is 1.72. The number of hydrogen-bond donors (Lipinski definition) is 2. The molecule has 2 amide bonds. The Labute approximate surface area is 129 Å². The maximum Gasteiger partial charge on any atom is 0.328 e. The molecule has 2 rings (SSSR count). The fourth-order valence-electron chi connectivity index (χ4n) is 2.19. The van der Waals surface area contributed by atoms with Gasteiger partial charge < -0.3 is 15.4 Å². The number of anilines is 1. The molecule has 0 spiro atoms. The molecule has 2 N–H and O–H groups in total. The van der Waals surface area contributed by atoms with E-state index >= 15 is 0 Å². The van der Waals surface area contributed by atoms with E-state index in [0.29, 0.717) is 23.6 Å². The van der Waals surface area contributed by atoms with E-state index in [1.165, 1.54) is 14.0 Å². The minimum atomic E-state index is -0.611. The van der Waals surface area contributed by atoms with Crippen molar-refractivity contribution in [3.05, 3.63) is 29.8 Å². The van der Waals surface area contributed by atoms with Gasteiger partial charge >= 0.3 is 5.97 Å². The van der Waals surface area contributed by atoms with Gasteiger partial charge in [-0.3, -0.25) is 9.59 Å². The summed E-state index contributed by atoms with van der Waals surface area (Å²) < 4.78 is 4.74. The Morgan fingerprint density at radius 2 is 1.86 bits per heavy atom. The number of nitrogens with one attached hydrogen (secondary N) is 2. The van der Waals surface area contributed by atoms with E-state index in [4.69, 9.17) is 4.74 Å². The lowest BCUT2D eigenvalue weighted by Gasteiger charge is -2.16. The molecule has 1 aromatic rings. The van der Waals surface area contributed by atoms with Crippen molar-refractivity contribution in [2.24, 2.45) is 5.92 Å². The average molecular weight is 304 g/mol. The third-order valence-electron chi connectivity index (χ3n) is 3.52. The van der Waals surface area contributed by atoms with Gasteiger partial charge in [-0.2, -0.15) is 0 Å². The summed E-state index contributed by atoms with van der Waals surface area (Å²) in [5.74, 6) is -0.431. The van der Waals surface area contributed by atoms with Crippen LogP contribution in [0.5, 0.6) is 0 Å². The first kappa shape index (κ1) is 16.0. The fourth-order valence-corrected chi connectivity index (χ4v) is 2.19. The van der Waals surface area contributed by atoms with Gasteiger partial charge in [-0.1, -0.05) is 12.8 Å². The van der Waals surface area contributed by atoms with Gasteiger partial charge in [-0.15, -0.1) is 0 Å². The Hall–Kier alpha value is -2.37. The number of carbonyl (C=O) groups excluding carboxylic acids is 3. The van der Waals surface area contributed by atoms with E-state index in [1.807, 2.05) is 0 Å². The quantitative estimate of drug-likeness (QED) is 0.784. The lowest BCUT2D eigenvalue weighted by Crippen LogP contribution is -2.41. The van der Waals surface area contributed by atoms with Crippen LogP contribution in [0.1, 0.15) is 36.5 Å². The summed E-state index contributed by atoms with van der Waals surface area (Å²) >= 11 is 0. The molecule has 0 bridgehead atoms. The third kappa shape index (κ3) is 4.58. The van der Waals surface area contributed by atoms with Crippen molar-refractivity contribution < 1.29 is 19.1 Å². The van der Waals surface area contributed by atoms with Crippen LogP contribution in [-0.4, -0.2) is 30.9 Å². The van der Waals surface area contributed by atoms with E-state index in [9.17, 15) is 14.4 Å². The molecule has 1 fully saturated rings. The number of rotatable bonds is 6. The number of esters is 1. The molecule has 22 heavy (non-hydrogen) atoms. The number of amides is 2. The summed E-state index contributed by atoms with van der Waals surface area (Å²) in [6, 6.07) is 5.88. The molecule has 0 aliphatic heterocycles. The molecule has 6 nitrogen and oxygen atoms in total. The molecule has 6 heteroatoms. The van der Waals surface area contributed by atoms with Gasteiger partial charge in [0.05, 0.1) is 7.11 Å². The Kier molecular flexibility index (Phi) is 5.14. The van der Waals surface area contributed by atoms with Crippen molar-refractivity contribution in [2.45, 2.75) is 32.2 Å². The van der Waals surface area contributed by atoms with Crippen molar-refractivity contribution >= 4 is 23.5 Å². The second kappa shape index (κ2) is 7.06. The summed E-state index contributed by atoms with van der Waals surface area (Å²) in [7, 11) is 1.32. The highest BCUT2D eigenvalue weighted by atomic mass is 16.5. The highest BCUT2D eigenvalue weighted by Crippen LogP contribution is 2.33. The van der Waals surface area contributed by atoms with E-state index < -0.39 is 12.0 Å². The van der Waals surface area contributed by atoms with E-state index in [2.05, 4.69) is 10.6 Å². The standard InChI is InChI=1S/C16H20N2O4/c1-10(19)17-13-7-5-12(6-8-13)15(20)18-14(16(21)22-2)9-11-3-4-11/h5-8,11,14H,3-4,9H2,1-2H3,(H,17,19)(H,18,20)/t14-/m0/s1. The van der Waals surface area contributed by atoms with Gasteiger partial charge in [0.1, 0.15) is 6.04 Å². The molecule has 118 valence electrons. The van der Waals surface area contributed by atoms with Crippen molar-refractivity contribution in [2.75, 3.05) is 12.4 Å². The average Bonchev–Trinajstić information content (AvgIpc) is 3.29. The van der Waals surface area contributed by atoms with Crippen LogP contribution in [0.25, 0.3) is 0 Å². The zero-order valence-corrected chi connectivity index (χ0v) is 12.7. The van der Waals surface area contributed by atoms with Crippen LogP contribution in [0.15, 0.2) is 24.3 Å². The van der Waals surface area contributed by atoms with Crippen LogP contribution in [0.2, 0.25) is 0 Å². The van der Waals surface area contributed by atoms with Gasteiger partial charge in [-0.05, 0) is 36.6 Å². The molecule has 0 saturated heterocycles. The van der Waals surface area contributed by atoms with E-state index in [-0.39, 0.29) is 11.8 Å². The topological polar surface area (TPSA) is 84.5 Å².